The normalized spacial score (nSPS) is 20.8. The second-order valence-corrected chi connectivity index (χ2v) is 3.30. The monoisotopic (exact) mass is 193 g/mol. The lowest BCUT2D eigenvalue weighted by molar-refractivity contribution is -0.143. The molecule has 0 spiro atoms. The Labute approximate surface area is 75.3 Å². The van der Waals surface area contributed by atoms with Gasteiger partial charge in [-0.1, -0.05) is 0 Å². The Morgan fingerprint density at radius 3 is 2.38 bits per heavy atom. The van der Waals surface area contributed by atoms with E-state index < -0.39 is 12.4 Å². The van der Waals surface area contributed by atoms with Gasteiger partial charge in [-0.15, -0.1) is 0 Å². The van der Waals surface area contributed by atoms with Gasteiger partial charge in [0.1, 0.15) is 0 Å². The fraction of sp³-hybridized carbons (Fsp3) is 0.875. The molecule has 1 heterocycles. The van der Waals surface area contributed by atoms with E-state index in [2.05, 4.69) is 0 Å². The molecule has 0 aromatic carbocycles. The molecule has 1 fully saturated rings. The molecule has 1 aliphatic rings. The van der Waals surface area contributed by atoms with E-state index in [1.54, 1.807) is 4.90 Å². The van der Waals surface area contributed by atoms with Crippen LogP contribution >= 0.6 is 0 Å². The Morgan fingerprint density at radius 1 is 1.46 bits per heavy atom. The van der Waals surface area contributed by atoms with Gasteiger partial charge in [0.05, 0.1) is 12.5 Å². The van der Waals surface area contributed by atoms with Gasteiger partial charge < -0.3 is 5.11 Å². The van der Waals surface area contributed by atoms with E-state index in [9.17, 15) is 13.6 Å². The molecule has 0 saturated carbocycles. The molecule has 5 heteroatoms. The third kappa shape index (κ3) is 3.26. The molecule has 0 aliphatic carbocycles. The molecule has 1 rings (SSSR count). The number of likely N-dealkylation sites (tertiary alicyclic amines) is 1. The van der Waals surface area contributed by atoms with E-state index >= 15 is 0 Å². The van der Waals surface area contributed by atoms with Crippen molar-refractivity contribution >= 4 is 5.97 Å². The summed E-state index contributed by atoms with van der Waals surface area (Å²) in [5, 5.41) is 8.64. The summed E-state index contributed by atoms with van der Waals surface area (Å²) in [5.41, 5.74) is 0. The highest BCUT2D eigenvalue weighted by Gasteiger charge is 2.25. The Hall–Kier alpha value is -0.710. The van der Waals surface area contributed by atoms with Crippen molar-refractivity contribution in [2.75, 3.05) is 19.6 Å². The SMILES string of the molecule is O=C(O)C1CCN(CC(F)F)CC1. The van der Waals surface area contributed by atoms with Gasteiger partial charge in [0.15, 0.2) is 0 Å². The van der Waals surface area contributed by atoms with Gasteiger partial charge in [0.25, 0.3) is 6.43 Å². The Kier molecular flexibility index (Phi) is 3.59. The largest absolute Gasteiger partial charge is 0.481 e. The standard InChI is InChI=1S/C8H13F2NO2/c9-7(10)5-11-3-1-6(2-4-11)8(12)13/h6-7H,1-5H2,(H,12,13). The first kappa shape index (κ1) is 10.4. The third-order valence-corrected chi connectivity index (χ3v) is 2.33. The lowest BCUT2D eigenvalue weighted by Crippen LogP contribution is -2.38. The first-order valence-corrected chi connectivity index (χ1v) is 4.33. The maximum absolute atomic E-state index is 11.9. The van der Waals surface area contributed by atoms with Crippen molar-refractivity contribution in [3.8, 4) is 0 Å². The number of piperidine rings is 1. The first-order valence-electron chi connectivity index (χ1n) is 4.33. The predicted octanol–water partition coefficient (Wildman–Crippen LogP) is 1.05. The van der Waals surface area contributed by atoms with Gasteiger partial charge in [0.2, 0.25) is 0 Å². The second-order valence-electron chi connectivity index (χ2n) is 3.30. The highest BCUT2D eigenvalue weighted by Crippen LogP contribution is 2.17. The molecular formula is C8H13F2NO2. The van der Waals surface area contributed by atoms with E-state index in [4.69, 9.17) is 5.11 Å². The number of carboxylic acid groups (broad SMARTS) is 1. The number of hydrogen-bond acceptors (Lipinski definition) is 2. The van der Waals surface area contributed by atoms with Crippen molar-refractivity contribution in [1.82, 2.24) is 4.90 Å². The molecule has 1 N–H and O–H groups in total. The minimum atomic E-state index is -2.32. The van der Waals surface area contributed by atoms with Gasteiger partial charge in [-0.25, -0.2) is 8.78 Å². The van der Waals surface area contributed by atoms with Gasteiger partial charge in [0, 0.05) is 0 Å². The maximum Gasteiger partial charge on any atom is 0.306 e. The molecule has 1 aliphatic heterocycles. The van der Waals surface area contributed by atoms with E-state index in [-0.39, 0.29) is 12.5 Å². The van der Waals surface area contributed by atoms with Crippen molar-refractivity contribution in [3.63, 3.8) is 0 Å². The molecule has 0 radical (unpaired) electrons. The fourth-order valence-electron chi connectivity index (χ4n) is 1.56. The van der Waals surface area contributed by atoms with E-state index in [0.717, 1.165) is 0 Å². The highest BCUT2D eigenvalue weighted by atomic mass is 19.3. The van der Waals surface area contributed by atoms with Crippen molar-refractivity contribution < 1.29 is 18.7 Å². The lowest BCUT2D eigenvalue weighted by atomic mass is 9.97. The van der Waals surface area contributed by atoms with Gasteiger partial charge in [-0.3, -0.25) is 9.69 Å². The zero-order chi connectivity index (χ0) is 9.84. The molecule has 13 heavy (non-hydrogen) atoms. The van der Waals surface area contributed by atoms with Crippen LogP contribution in [0.4, 0.5) is 8.78 Å². The van der Waals surface area contributed by atoms with Crippen molar-refractivity contribution in [3.05, 3.63) is 0 Å². The summed E-state index contributed by atoms with van der Waals surface area (Å²) in [6, 6.07) is 0. The van der Waals surface area contributed by atoms with Crippen LogP contribution in [0, 0.1) is 5.92 Å². The topological polar surface area (TPSA) is 40.5 Å². The second kappa shape index (κ2) is 4.50. The van der Waals surface area contributed by atoms with Crippen LogP contribution in [-0.2, 0) is 4.79 Å². The molecule has 0 unspecified atom stereocenters. The summed E-state index contributed by atoms with van der Waals surface area (Å²) in [4.78, 5) is 12.1. The number of alkyl halides is 2. The van der Waals surface area contributed by atoms with Crippen LogP contribution in [0.1, 0.15) is 12.8 Å². The molecule has 0 aromatic heterocycles. The number of carboxylic acids is 1. The number of aliphatic carboxylic acids is 1. The van der Waals surface area contributed by atoms with Gasteiger partial charge in [-0.2, -0.15) is 0 Å². The molecule has 3 nitrogen and oxygen atoms in total. The zero-order valence-electron chi connectivity index (χ0n) is 7.25. The lowest BCUT2D eigenvalue weighted by Gasteiger charge is -2.29. The average Bonchev–Trinajstić information content (AvgIpc) is 2.04. The summed E-state index contributed by atoms with van der Waals surface area (Å²) >= 11 is 0. The number of rotatable bonds is 3. The third-order valence-electron chi connectivity index (χ3n) is 2.33. The first-order chi connectivity index (χ1) is 6.09. The molecule has 0 aromatic rings. The van der Waals surface area contributed by atoms with E-state index in [0.29, 0.717) is 25.9 Å². The Bertz CT molecular complexity index is 179. The number of carbonyl (C=O) groups is 1. The molecule has 1 saturated heterocycles. The van der Waals surface area contributed by atoms with E-state index in [1.807, 2.05) is 0 Å². The zero-order valence-corrected chi connectivity index (χ0v) is 7.25. The van der Waals surface area contributed by atoms with Crippen molar-refractivity contribution in [2.24, 2.45) is 5.92 Å². The number of halogens is 2. The Morgan fingerprint density at radius 2 is 2.00 bits per heavy atom. The maximum atomic E-state index is 11.9. The van der Waals surface area contributed by atoms with E-state index in [1.165, 1.54) is 0 Å². The van der Waals surface area contributed by atoms with Crippen LogP contribution in [0.3, 0.4) is 0 Å². The smallest absolute Gasteiger partial charge is 0.306 e. The highest BCUT2D eigenvalue weighted by molar-refractivity contribution is 5.70. The van der Waals surface area contributed by atoms with Gasteiger partial charge >= 0.3 is 5.97 Å². The van der Waals surface area contributed by atoms with Crippen LogP contribution in [0.15, 0.2) is 0 Å². The quantitative estimate of drug-likeness (QED) is 0.728. The molecular weight excluding hydrogens is 180 g/mol. The molecule has 76 valence electrons. The summed E-state index contributed by atoms with van der Waals surface area (Å²) in [7, 11) is 0. The summed E-state index contributed by atoms with van der Waals surface area (Å²) in [6.07, 6.45) is -1.34. The van der Waals surface area contributed by atoms with Crippen LogP contribution in [0.2, 0.25) is 0 Å². The minimum absolute atomic E-state index is 0.230. The fourth-order valence-corrected chi connectivity index (χ4v) is 1.56. The molecule has 0 amide bonds. The summed E-state index contributed by atoms with van der Waals surface area (Å²) in [5.74, 6) is -1.15. The number of hydrogen-bond donors (Lipinski definition) is 1. The van der Waals surface area contributed by atoms with Crippen LogP contribution in [-0.4, -0.2) is 42.0 Å². The van der Waals surface area contributed by atoms with Gasteiger partial charge in [-0.05, 0) is 25.9 Å². The minimum Gasteiger partial charge on any atom is -0.481 e. The van der Waals surface area contributed by atoms with Crippen LogP contribution in [0.25, 0.3) is 0 Å². The summed E-state index contributed by atoms with van der Waals surface area (Å²) < 4.78 is 23.8. The molecule has 0 bridgehead atoms. The van der Waals surface area contributed by atoms with Crippen LogP contribution < -0.4 is 0 Å². The Balaban J connectivity index is 2.26. The predicted molar refractivity (Wildman–Crippen MR) is 42.8 cm³/mol. The summed E-state index contributed by atoms with van der Waals surface area (Å²) in [6.45, 7) is 0.717. The number of nitrogens with zero attached hydrogens (tertiary/aromatic N) is 1. The average molecular weight is 193 g/mol. The molecule has 0 atom stereocenters. The van der Waals surface area contributed by atoms with Crippen molar-refractivity contribution in [2.45, 2.75) is 19.3 Å². The van der Waals surface area contributed by atoms with Crippen LogP contribution in [0.5, 0.6) is 0 Å². The van der Waals surface area contributed by atoms with Crippen molar-refractivity contribution in [1.29, 1.82) is 0 Å².